The lowest BCUT2D eigenvalue weighted by Crippen LogP contribution is -1.98. The lowest BCUT2D eigenvalue weighted by atomic mass is 10.0. The van der Waals surface area contributed by atoms with Gasteiger partial charge in [0.1, 0.15) is 0 Å². The highest BCUT2D eigenvalue weighted by Crippen LogP contribution is 2.38. The van der Waals surface area contributed by atoms with Crippen LogP contribution in [0.15, 0.2) is 48.5 Å². The molecule has 0 unspecified atom stereocenters. The summed E-state index contributed by atoms with van der Waals surface area (Å²) >= 11 is 23.2. The molecule has 0 aliphatic carbocycles. The summed E-state index contributed by atoms with van der Waals surface area (Å²) in [4.78, 5) is 0. The van der Waals surface area contributed by atoms with Gasteiger partial charge in [0.05, 0.1) is 0 Å². The quantitative estimate of drug-likeness (QED) is 0.581. The average molecular weight is 306 g/mol. The fourth-order valence-electron chi connectivity index (χ4n) is 1.49. The summed E-state index contributed by atoms with van der Waals surface area (Å²) in [6.07, 6.45) is 0. The van der Waals surface area contributed by atoms with E-state index < -0.39 is 3.79 Å². The molecule has 88 valence electrons. The Morgan fingerprint density at radius 3 is 1.47 bits per heavy atom. The molecule has 0 aliphatic rings. The van der Waals surface area contributed by atoms with Crippen LogP contribution in [-0.2, 0) is 3.79 Å². The molecule has 0 aromatic heterocycles. The van der Waals surface area contributed by atoms with E-state index in [4.69, 9.17) is 46.4 Å². The van der Waals surface area contributed by atoms with E-state index in [1.54, 1.807) is 12.1 Å². The molecule has 0 bridgehead atoms. The van der Waals surface area contributed by atoms with E-state index in [1.165, 1.54) is 0 Å². The second-order valence-corrected chi connectivity index (χ2v) is 6.30. The molecular formula is C13H8Cl4. The Bertz CT molecular complexity index is 494. The molecule has 4 heteroatoms. The van der Waals surface area contributed by atoms with Gasteiger partial charge < -0.3 is 0 Å². The van der Waals surface area contributed by atoms with Crippen molar-refractivity contribution in [2.75, 3.05) is 0 Å². The van der Waals surface area contributed by atoms with E-state index >= 15 is 0 Å². The summed E-state index contributed by atoms with van der Waals surface area (Å²) in [6.45, 7) is 0. The first kappa shape index (κ1) is 13.0. The van der Waals surface area contributed by atoms with Gasteiger partial charge in [0.25, 0.3) is 0 Å². The van der Waals surface area contributed by atoms with Crippen LogP contribution in [0.25, 0.3) is 11.1 Å². The Hall–Kier alpha value is -0.400. The maximum atomic E-state index is 5.83. The van der Waals surface area contributed by atoms with Crippen molar-refractivity contribution in [1.82, 2.24) is 0 Å². The van der Waals surface area contributed by atoms with E-state index in [1.807, 2.05) is 36.4 Å². The second kappa shape index (κ2) is 5.07. The molecule has 0 fully saturated rings. The number of rotatable bonds is 1. The summed E-state index contributed by atoms with van der Waals surface area (Å²) in [5.41, 5.74) is 2.78. The Labute approximate surface area is 120 Å². The monoisotopic (exact) mass is 304 g/mol. The second-order valence-electron chi connectivity index (χ2n) is 3.58. The summed E-state index contributed by atoms with van der Waals surface area (Å²) in [5.74, 6) is 0. The number of halogens is 4. The number of benzene rings is 2. The molecule has 0 spiro atoms. The van der Waals surface area contributed by atoms with E-state index in [9.17, 15) is 0 Å². The molecule has 0 saturated carbocycles. The lowest BCUT2D eigenvalue weighted by molar-refractivity contribution is 1.24. The molecule has 0 heterocycles. The van der Waals surface area contributed by atoms with Crippen molar-refractivity contribution in [2.24, 2.45) is 0 Å². The van der Waals surface area contributed by atoms with Crippen molar-refractivity contribution >= 4 is 46.4 Å². The van der Waals surface area contributed by atoms with Gasteiger partial charge in [-0.1, -0.05) is 82.8 Å². The summed E-state index contributed by atoms with van der Waals surface area (Å²) < 4.78 is -1.38. The topological polar surface area (TPSA) is 0 Å². The van der Waals surface area contributed by atoms with Crippen molar-refractivity contribution < 1.29 is 0 Å². The average Bonchev–Trinajstić information content (AvgIpc) is 2.29. The molecule has 0 atom stereocenters. The number of hydrogen-bond donors (Lipinski definition) is 0. The molecule has 17 heavy (non-hydrogen) atoms. The van der Waals surface area contributed by atoms with Crippen LogP contribution in [0.1, 0.15) is 5.56 Å². The minimum absolute atomic E-state index is 0.653. The smallest absolute Gasteiger partial charge is 0.0843 e. The van der Waals surface area contributed by atoms with Crippen molar-refractivity contribution in [3.63, 3.8) is 0 Å². The molecule has 2 aromatic carbocycles. The zero-order chi connectivity index (χ0) is 12.5. The van der Waals surface area contributed by atoms with E-state index in [2.05, 4.69) is 0 Å². The van der Waals surface area contributed by atoms with Gasteiger partial charge in [0.2, 0.25) is 3.79 Å². The van der Waals surface area contributed by atoms with Gasteiger partial charge in [-0.05, 0) is 23.3 Å². The SMILES string of the molecule is Clc1ccc(-c2ccc(C(Cl)(Cl)Cl)cc2)cc1. The van der Waals surface area contributed by atoms with Crippen LogP contribution in [-0.4, -0.2) is 0 Å². The van der Waals surface area contributed by atoms with Crippen LogP contribution in [0.4, 0.5) is 0 Å². The van der Waals surface area contributed by atoms with Gasteiger partial charge >= 0.3 is 0 Å². The third-order valence-corrected chi connectivity index (χ3v) is 3.30. The Kier molecular flexibility index (Phi) is 3.89. The largest absolute Gasteiger partial charge is 0.216 e. The van der Waals surface area contributed by atoms with Crippen molar-refractivity contribution in [1.29, 1.82) is 0 Å². The zero-order valence-electron chi connectivity index (χ0n) is 8.63. The molecule has 0 amide bonds. The van der Waals surface area contributed by atoms with E-state index in [-0.39, 0.29) is 0 Å². The first-order valence-corrected chi connectivity index (χ1v) is 6.41. The zero-order valence-corrected chi connectivity index (χ0v) is 11.7. The van der Waals surface area contributed by atoms with E-state index in [0.717, 1.165) is 11.1 Å². The van der Waals surface area contributed by atoms with Crippen LogP contribution >= 0.6 is 46.4 Å². The van der Waals surface area contributed by atoms with Gasteiger partial charge in [-0.15, -0.1) is 0 Å². The standard InChI is InChI=1S/C13H8Cl4/c14-12-7-3-10(4-8-12)9-1-5-11(6-2-9)13(15,16)17/h1-8H. The Balaban J connectivity index is 2.33. The molecule has 2 rings (SSSR count). The fraction of sp³-hybridized carbons (Fsp3) is 0.0769. The molecule has 0 aliphatic heterocycles. The van der Waals surface area contributed by atoms with Crippen LogP contribution in [0.2, 0.25) is 5.02 Å². The maximum Gasteiger partial charge on any atom is 0.216 e. The predicted octanol–water partition coefficient (Wildman–Crippen LogP) is 5.83. The Morgan fingerprint density at radius 2 is 1.06 bits per heavy atom. The third-order valence-electron chi connectivity index (χ3n) is 2.39. The fourth-order valence-corrected chi connectivity index (χ4v) is 2.00. The first-order chi connectivity index (χ1) is 7.97. The van der Waals surface area contributed by atoms with Gasteiger partial charge in [0, 0.05) is 10.6 Å². The van der Waals surface area contributed by atoms with Crippen molar-refractivity contribution in [3.8, 4) is 11.1 Å². The summed E-state index contributed by atoms with van der Waals surface area (Å²) in [6, 6.07) is 15.0. The number of alkyl halides is 3. The molecular weight excluding hydrogens is 298 g/mol. The van der Waals surface area contributed by atoms with Gasteiger partial charge in [-0.3, -0.25) is 0 Å². The van der Waals surface area contributed by atoms with Crippen LogP contribution in [0.5, 0.6) is 0 Å². The van der Waals surface area contributed by atoms with Crippen LogP contribution in [0.3, 0.4) is 0 Å². The minimum atomic E-state index is -1.38. The lowest BCUT2D eigenvalue weighted by Gasteiger charge is -2.11. The number of hydrogen-bond acceptors (Lipinski definition) is 0. The van der Waals surface area contributed by atoms with Crippen molar-refractivity contribution in [3.05, 3.63) is 59.1 Å². The van der Waals surface area contributed by atoms with Gasteiger partial charge in [-0.25, -0.2) is 0 Å². The highest BCUT2D eigenvalue weighted by atomic mass is 35.6. The summed E-state index contributed by atoms with van der Waals surface area (Å²) in [5, 5.41) is 0.715. The van der Waals surface area contributed by atoms with Gasteiger partial charge in [0.15, 0.2) is 0 Å². The highest BCUT2D eigenvalue weighted by Gasteiger charge is 2.22. The first-order valence-electron chi connectivity index (χ1n) is 4.90. The normalized spacial score (nSPS) is 11.5. The minimum Gasteiger partial charge on any atom is -0.0843 e. The van der Waals surface area contributed by atoms with Gasteiger partial charge in [-0.2, -0.15) is 0 Å². The van der Waals surface area contributed by atoms with Crippen LogP contribution in [0, 0.1) is 0 Å². The molecule has 0 radical (unpaired) electrons. The molecule has 0 saturated heterocycles. The predicted molar refractivity (Wildman–Crippen MR) is 76.1 cm³/mol. The Morgan fingerprint density at radius 1 is 0.647 bits per heavy atom. The van der Waals surface area contributed by atoms with Crippen LogP contribution < -0.4 is 0 Å². The highest BCUT2D eigenvalue weighted by molar-refractivity contribution is 6.66. The molecule has 2 aromatic rings. The third kappa shape index (κ3) is 3.29. The van der Waals surface area contributed by atoms with E-state index in [0.29, 0.717) is 10.6 Å². The molecule has 0 N–H and O–H groups in total. The van der Waals surface area contributed by atoms with Crippen molar-refractivity contribution in [2.45, 2.75) is 3.79 Å². The maximum absolute atomic E-state index is 5.83. The summed E-state index contributed by atoms with van der Waals surface area (Å²) in [7, 11) is 0. The molecule has 0 nitrogen and oxygen atoms in total.